The van der Waals surface area contributed by atoms with E-state index < -0.39 is 0 Å². The molecule has 2 aromatic rings. The van der Waals surface area contributed by atoms with Crippen LogP contribution in [-0.4, -0.2) is 22.4 Å². The zero-order valence-electron chi connectivity index (χ0n) is 14.1. The molecule has 0 atom stereocenters. The zero-order chi connectivity index (χ0) is 16.6. The second kappa shape index (κ2) is 8.57. The normalized spacial score (nSPS) is 15.2. The highest BCUT2D eigenvalue weighted by atomic mass is 16.1. The lowest BCUT2D eigenvalue weighted by Crippen LogP contribution is -2.28. The third-order valence-corrected chi connectivity index (χ3v) is 4.67. The number of nitrogens with zero attached hydrogens (tertiary/aromatic N) is 2. The minimum Gasteiger partial charge on any atom is -0.356 e. The summed E-state index contributed by atoms with van der Waals surface area (Å²) in [5, 5.41) is 3.03. The maximum absolute atomic E-state index is 12.0. The molecular weight excluding hydrogens is 298 g/mol. The lowest BCUT2D eigenvalue weighted by Gasteiger charge is -2.20. The van der Waals surface area contributed by atoms with E-state index in [1.165, 1.54) is 32.1 Å². The van der Waals surface area contributed by atoms with E-state index in [4.69, 9.17) is 0 Å². The van der Waals surface area contributed by atoms with E-state index in [1.807, 2.05) is 42.7 Å². The third-order valence-electron chi connectivity index (χ3n) is 4.67. The first kappa shape index (κ1) is 16.6. The molecule has 0 saturated heterocycles. The number of carbonyl (C=O) groups excluding carboxylic acids is 1. The Bertz CT molecular complexity index is 634. The number of nitrogens with one attached hydrogen (secondary N) is 1. The molecule has 1 aliphatic rings. The van der Waals surface area contributed by atoms with Crippen molar-refractivity contribution in [3.05, 3.63) is 48.3 Å². The molecule has 1 heterocycles. The fourth-order valence-corrected chi connectivity index (χ4v) is 3.29. The van der Waals surface area contributed by atoms with E-state index in [1.54, 1.807) is 0 Å². The Morgan fingerprint density at radius 1 is 1.04 bits per heavy atom. The number of carbonyl (C=O) groups is 1. The number of hydrogen-bond donors (Lipinski definition) is 1. The molecule has 0 bridgehead atoms. The minimum atomic E-state index is 0.184. The van der Waals surface area contributed by atoms with Crippen LogP contribution in [0.25, 0.3) is 11.4 Å². The van der Waals surface area contributed by atoms with Gasteiger partial charge in [0, 0.05) is 30.9 Å². The van der Waals surface area contributed by atoms with E-state index in [0.29, 0.717) is 18.9 Å². The van der Waals surface area contributed by atoms with Gasteiger partial charge in [-0.15, -0.1) is 0 Å². The molecule has 24 heavy (non-hydrogen) atoms. The van der Waals surface area contributed by atoms with Gasteiger partial charge in [0.05, 0.1) is 0 Å². The predicted octanol–water partition coefficient (Wildman–Crippen LogP) is 3.77. The van der Waals surface area contributed by atoms with Crippen molar-refractivity contribution in [2.24, 2.45) is 5.92 Å². The summed E-state index contributed by atoms with van der Waals surface area (Å²) in [6.07, 6.45) is 11.5. The molecule has 0 aliphatic heterocycles. The SMILES string of the molecule is O=C(CC1CCCCC1)NCCc1cnc(-c2ccccc2)nc1. The Kier molecular flexibility index (Phi) is 5.94. The fourth-order valence-electron chi connectivity index (χ4n) is 3.29. The number of benzene rings is 1. The van der Waals surface area contributed by atoms with Crippen molar-refractivity contribution in [1.82, 2.24) is 15.3 Å². The summed E-state index contributed by atoms with van der Waals surface area (Å²) in [6.45, 7) is 0.652. The molecule has 1 amide bonds. The van der Waals surface area contributed by atoms with Crippen LogP contribution >= 0.6 is 0 Å². The summed E-state index contributed by atoms with van der Waals surface area (Å²) in [4.78, 5) is 20.8. The van der Waals surface area contributed by atoms with Crippen molar-refractivity contribution in [2.45, 2.75) is 44.9 Å². The summed E-state index contributed by atoms with van der Waals surface area (Å²) >= 11 is 0. The molecule has 1 aromatic heterocycles. The van der Waals surface area contributed by atoms with E-state index in [0.717, 1.165) is 23.4 Å². The lowest BCUT2D eigenvalue weighted by molar-refractivity contribution is -0.122. The van der Waals surface area contributed by atoms with Crippen molar-refractivity contribution in [1.29, 1.82) is 0 Å². The maximum atomic E-state index is 12.0. The van der Waals surface area contributed by atoms with Gasteiger partial charge in [-0.2, -0.15) is 0 Å². The molecule has 126 valence electrons. The molecule has 0 radical (unpaired) electrons. The summed E-state index contributed by atoms with van der Waals surface area (Å²) in [6, 6.07) is 9.94. The molecule has 1 N–H and O–H groups in total. The quantitative estimate of drug-likeness (QED) is 0.880. The Morgan fingerprint density at radius 3 is 2.46 bits per heavy atom. The molecule has 3 rings (SSSR count). The van der Waals surface area contributed by atoms with E-state index >= 15 is 0 Å². The second-order valence-electron chi connectivity index (χ2n) is 6.59. The Balaban J connectivity index is 1.42. The van der Waals surface area contributed by atoms with Crippen LogP contribution in [-0.2, 0) is 11.2 Å². The average molecular weight is 323 g/mol. The van der Waals surface area contributed by atoms with Crippen molar-refractivity contribution in [2.75, 3.05) is 6.54 Å². The smallest absolute Gasteiger partial charge is 0.220 e. The first-order chi connectivity index (χ1) is 11.8. The van der Waals surface area contributed by atoms with Gasteiger partial charge in [-0.05, 0) is 30.7 Å². The Hall–Kier alpha value is -2.23. The highest BCUT2D eigenvalue weighted by molar-refractivity contribution is 5.76. The van der Waals surface area contributed by atoms with Gasteiger partial charge in [0.1, 0.15) is 0 Å². The zero-order valence-corrected chi connectivity index (χ0v) is 14.1. The van der Waals surface area contributed by atoms with Crippen LogP contribution in [0.5, 0.6) is 0 Å². The van der Waals surface area contributed by atoms with Gasteiger partial charge in [-0.1, -0.05) is 49.6 Å². The highest BCUT2D eigenvalue weighted by Gasteiger charge is 2.16. The van der Waals surface area contributed by atoms with Crippen molar-refractivity contribution in [3.8, 4) is 11.4 Å². The molecule has 1 fully saturated rings. The van der Waals surface area contributed by atoms with Crippen molar-refractivity contribution < 1.29 is 4.79 Å². The van der Waals surface area contributed by atoms with Crippen molar-refractivity contribution >= 4 is 5.91 Å². The van der Waals surface area contributed by atoms with Crippen LogP contribution in [0.3, 0.4) is 0 Å². The molecule has 1 saturated carbocycles. The van der Waals surface area contributed by atoms with E-state index in [9.17, 15) is 4.79 Å². The van der Waals surface area contributed by atoms with Crippen LogP contribution in [0.2, 0.25) is 0 Å². The van der Waals surface area contributed by atoms with Gasteiger partial charge in [-0.3, -0.25) is 4.79 Å². The van der Waals surface area contributed by atoms with E-state index in [2.05, 4.69) is 15.3 Å². The van der Waals surface area contributed by atoms with Crippen molar-refractivity contribution in [3.63, 3.8) is 0 Å². The standard InChI is InChI=1S/C20H25N3O/c24-19(13-16-7-3-1-4-8-16)21-12-11-17-14-22-20(23-15-17)18-9-5-2-6-10-18/h2,5-6,9-10,14-16H,1,3-4,7-8,11-13H2,(H,21,24). The van der Waals surface area contributed by atoms with Crippen LogP contribution in [0.15, 0.2) is 42.7 Å². The molecule has 0 spiro atoms. The van der Waals surface area contributed by atoms with Gasteiger partial charge in [0.2, 0.25) is 5.91 Å². The number of aromatic nitrogens is 2. The topological polar surface area (TPSA) is 54.9 Å². The monoisotopic (exact) mass is 323 g/mol. The van der Waals surface area contributed by atoms with E-state index in [-0.39, 0.29) is 5.91 Å². The van der Waals surface area contributed by atoms with Crippen LogP contribution in [0.4, 0.5) is 0 Å². The van der Waals surface area contributed by atoms with Crippen LogP contribution in [0, 0.1) is 5.92 Å². The predicted molar refractivity (Wildman–Crippen MR) is 95.4 cm³/mol. The van der Waals surface area contributed by atoms with Gasteiger partial charge < -0.3 is 5.32 Å². The number of rotatable bonds is 6. The highest BCUT2D eigenvalue weighted by Crippen LogP contribution is 2.26. The van der Waals surface area contributed by atoms with Crippen LogP contribution in [0.1, 0.15) is 44.1 Å². The van der Waals surface area contributed by atoms with Gasteiger partial charge >= 0.3 is 0 Å². The van der Waals surface area contributed by atoms with Gasteiger partial charge in [0.15, 0.2) is 5.82 Å². The molecule has 4 heteroatoms. The summed E-state index contributed by atoms with van der Waals surface area (Å²) in [5.41, 5.74) is 2.07. The van der Waals surface area contributed by atoms with Gasteiger partial charge in [-0.25, -0.2) is 9.97 Å². The van der Waals surface area contributed by atoms with Crippen LogP contribution < -0.4 is 5.32 Å². The molecule has 1 aromatic carbocycles. The number of amides is 1. The molecule has 0 unspecified atom stereocenters. The first-order valence-electron chi connectivity index (χ1n) is 8.94. The summed E-state index contributed by atoms with van der Waals surface area (Å²) in [7, 11) is 0. The molecule has 1 aliphatic carbocycles. The maximum Gasteiger partial charge on any atom is 0.220 e. The lowest BCUT2D eigenvalue weighted by atomic mass is 9.87. The Morgan fingerprint density at radius 2 is 1.75 bits per heavy atom. The largest absolute Gasteiger partial charge is 0.356 e. The third kappa shape index (κ3) is 4.88. The average Bonchev–Trinajstić information content (AvgIpc) is 2.64. The summed E-state index contributed by atoms with van der Waals surface area (Å²) < 4.78 is 0. The summed E-state index contributed by atoms with van der Waals surface area (Å²) in [5.74, 6) is 1.51. The molecular formula is C20H25N3O. The minimum absolute atomic E-state index is 0.184. The Labute approximate surface area is 143 Å². The number of hydrogen-bond acceptors (Lipinski definition) is 3. The second-order valence-corrected chi connectivity index (χ2v) is 6.59. The fraction of sp³-hybridized carbons (Fsp3) is 0.450. The first-order valence-corrected chi connectivity index (χ1v) is 8.94. The van der Waals surface area contributed by atoms with Gasteiger partial charge in [0.25, 0.3) is 0 Å². The molecule has 4 nitrogen and oxygen atoms in total.